The predicted octanol–water partition coefficient (Wildman–Crippen LogP) is 3.39. The Balaban J connectivity index is 2.06. The Morgan fingerprint density at radius 3 is 2.89 bits per heavy atom. The van der Waals surface area contributed by atoms with Crippen LogP contribution in [0.4, 0.5) is 0 Å². The Morgan fingerprint density at radius 1 is 1.39 bits per heavy atom. The molecule has 0 radical (unpaired) electrons. The molecule has 0 amide bonds. The normalized spacial score (nSPS) is 14.3. The summed E-state index contributed by atoms with van der Waals surface area (Å²) in [6, 6.07) is 8.08. The third-order valence-corrected chi connectivity index (χ3v) is 4.29. The summed E-state index contributed by atoms with van der Waals surface area (Å²) in [6.45, 7) is 2.11. The summed E-state index contributed by atoms with van der Waals surface area (Å²) >= 11 is 1.81. The van der Waals surface area contributed by atoms with Gasteiger partial charge in [0.25, 0.3) is 0 Å². The molecule has 0 aromatic carbocycles. The molecule has 0 aliphatic heterocycles. The lowest BCUT2D eigenvalue weighted by molar-refractivity contribution is 0.529. The van der Waals surface area contributed by atoms with Gasteiger partial charge in [-0.2, -0.15) is 0 Å². The maximum absolute atomic E-state index is 6.21. The van der Waals surface area contributed by atoms with Crippen molar-refractivity contribution in [3.63, 3.8) is 0 Å². The first-order valence-corrected chi connectivity index (χ1v) is 7.15. The van der Waals surface area contributed by atoms with Crippen LogP contribution in [-0.4, -0.2) is 11.0 Å². The van der Waals surface area contributed by atoms with Crippen molar-refractivity contribution in [2.24, 2.45) is 5.73 Å². The van der Waals surface area contributed by atoms with E-state index in [-0.39, 0.29) is 11.3 Å². The predicted molar refractivity (Wildman–Crippen MR) is 75.2 cm³/mol. The molecule has 96 valence electrons. The van der Waals surface area contributed by atoms with E-state index in [9.17, 15) is 0 Å². The number of pyridine rings is 1. The van der Waals surface area contributed by atoms with Gasteiger partial charge in [0.05, 0.1) is 12.0 Å². The lowest BCUT2D eigenvalue weighted by Crippen LogP contribution is -2.25. The smallest absolute Gasteiger partial charge is 0.113 e. The molecule has 3 nitrogen and oxygen atoms in total. The zero-order chi connectivity index (χ0) is 12.8. The molecule has 2 aromatic heterocycles. The number of aromatic nitrogens is 1. The van der Waals surface area contributed by atoms with E-state index in [4.69, 9.17) is 10.2 Å². The summed E-state index contributed by atoms with van der Waals surface area (Å²) in [5, 5.41) is 0.258. The molecule has 4 heteroatoms. The molecule has 2 unspecified atom stereocenters. The summed E-state index contributed by atoms with van der Waals surface area (Å²) in [6.07, 6.45) is 6.34. The quantitative estimate of drug-likeness (QED) is 0.867. The van der Waals surface area contributed by atoms with Gasteiger partial charge in [0.2, 0.25) is 0 Å². The summed E-state index contributed by atoms with van der Waals surface area (Å²) in [5.74, 6) is 1.82. The first-order valence-electron chi connectivity index (χ1n) is 6.10. The van der Waals surface area contributed by atoms with E-state index in [2.05, 4.69) is 18.0 Å². The van der Waals surface area contributed by atoms with Crippen LogP contribution in [0.15, 0.2) is 47.3 Å². The molecular weight excluding hydrogens is 244 g/mol. The van der Waals surface area contributed by atoms with Gasteiger partial charge in [0.1, 0.15) is 5.76 Å². The Morgan fingerprint density at radius 2 is 2.28 bits per heavy atom. The highest BCUT2D eigenvalue weighted by Gasteiger charge is 2.19. The summed E-state index contributed by atoms with van der Waals surface area (Å²) < 4.78 is 5.36. The van der Waals surface area contributed by atoms with Gasteiger partial charge in [-0.15, -0.1) is 11.8 Å². The molecule has 2 rings (SSSR count). The standard InChI is InChI=1S/C14H18N2OS/c1-2-13(15)14(11-5-3-7-16-9-11)18-10-12-6-4-8-17-12/h3-9,13-14H,2,10,15H2,1H3. The van der Waals surface area contributed by atoms with E-state index in [1.807, 2.05) is 24.4 Å². The average Bonchev–Trinajstić information content (AvgIpc) is 2.93. The van der Waals surface area contributed by atoms with E-state index in [1.54, 1.807) is 24.2 Å². The second-order valence-electron chi connectivity index (χ2n) is 4.17. The van der Waals surface area contributed by atoms with Gasteiger partial charge < -0.3 is 10.2 Å². The van der Waals surface area contributed by atoms with E-state index in [1.165, 1.54) is 5.56 Å². The van der Waals surface area contributed by atoms with Gasteiger partial charge in [0.15, 0.2) is 0 Å². The monoisotopic (exact) mass is 262 g/mol. The zero-order valence-electron chi connectivity index (χ0n) is 10.5. The molecule has 0 spiro atoms. The molecule has 0 saturated heterocycles. The molecule has 2 aromatic rings. The van der Waals surface area contributed by atoms with Gasteiger partial charge in [-0.1, -0.05) is 13.0 Å². The van der Waals surface area contributed by atoms with Gasteiger partial charge in [-0.05, 0) is 30.2 Å². The van der Waals surface area contributed by atoms with Crippen LogP contribution in [0.2, 0.25) is 0 Å². The van der Waals surface area contributed by atoms with Crippen LogP contribution in [0, 0.1) is 0 Å². The van der Waals surface area contributed by atoms with Crippen molar-refractivity contribution in [2.45, 2.75) is 30.4 Å². The largest absolute Gasteiger partial charge is 0.468 e. The number of furan rings is 1. The number of nitrogens with two attached hydrogens (primary N) is 1. The number of hydrogen-bond acceptors (Lipinski definition) is 4. The maximum Gasteiger partial charge on any atom is 0.113 e. The molecule has 0 aliphatic carbocycles. The molecule has 0 fully saturated rings. The SMILES string of the molecule is CCC(N)C(SCc1ccco1)c1cccnc1. The number of rotatable bonds is 6. The second-order valence-corrected chi connectivity index (χ2v) is 5.30. The van der Waals surface area contributed by atoms with E-state index >= 15 is 0 Å². The molecule has 0 aliphatic rings. The van der Waals surface area contributed by atoms with Crippen LogP contribution in [0.3, 0.4) is 0 Å². The fourth-order valence-corrected chi connectivity index (χ4v) is 3.07. The van der Waals surface area contributed by atoms with Crippen LogP contribution < -0.4 is 5.73 Å². The fraction of sp³-hybridized carbons (Fsp3) is 0.357. The van der Waals surface area contributed by atoms with Crippen molar-refractivity contribution in [1.29, 1.82) is 0 Å². The van der Waals surface area contributed by atoms with Gasteiger partial charge in [-0.3, -0.25) is 4.98 Å². The van der Waals surface area contributed by atoms with Crippen molar-refractivity contribution >= 4 is 11.8 Å². The van der Waals surface area contributed by atoms with Crippen LogP contribution >= 0.6 is 11.8 Å². The van der Waals surface area contributed by atoms with Gasteiger partial charge in [0, 0.05) is 23.7 Å². The number of hydrogen-bond donors (Lipinski definition) is 1. The van der Waals surface area contributed by atoms with Crippen molar-refractivity contribution < 1.29 is 4.42 Å². The Hall–Kier alpha value is -1.26. The third-order valence-electron chi connectivity index (χ3n) is 2.86. The van der Waals surface area contributed by atoms with Crippen LogP contribution in [0.25, 0.3) is 0 Å². The summed E-state index contributed by atoms with van der Waals surface area (Å²) in [4.78, 5) is 4.17. The molecule has 0 bridgehead atoms. The van der Waals surface area contributed by atoms with Crippen molar-refractivity contribution in [3.8, 4) is 0 Å². The highest BCUT2D eigenvalue weighted by Crippen LogP contribution is 2.34. The molecule has 2 heterocycles. The number of nitrogens with zero attached hydrogens (tertiary/aromatic N) is 1. The lowest BCUT2D eigenvalue weighted by Gasteiger charge is -2.22. The zero-order valence-corrected chi connectivity index (χ0v) is 11.3. The van der Waals surface area contributed by atoms with E-state index < -0.39 is 0 Å². The number of thioether (sulfide) groups is 1. The van der Waals surface area contributed by atoms with Crippen molar-refractivity contribution in [1.82, 2.24) is 4.98 Å². The van der Waals surface area contributed by atoms with Crippen molar-refractivity contribution in [2.75, 3.05) is 0 Å². The summed E-state index contributed by atoms with van der Waals surface area (Å²) in [5.41, 5.74) is 7.39. The van der Waals surface area contributed by atoms with Gasteiger partial charge in [-0.25, -0.2) is 0 Å². The Bertz CT molecular complexity index is 444. The van der Waals surface area contributed by atoms with E-state index in [0.29, 0.717) is 0 Å². The minimum atomic E-state index is 0.133. The molecule has 18 heavy (non-hydrogen) atoms. The third kappa shape index (κ3) is 3.37. The molecular formula is C14H18N2OS. The molecule has 0 saturated carbocycles. The molecule has 2 N–H and O–H groups in total. The second kappa shape index (κ2) is 6.61. The highest BCUT2D eigenvalue weighted by atomic mass is 32.2. The lowest BCUT2D eigenvalue weighted by atomic mass is 10.1. The first-order chi connectivity index (χ1) is 8.81. The first kappa shape index (κ1) is 13.2. The topological polar surface area (TPSA) is 52.0 Å². The Kier molecular flexibility index (Phi) is 4.84. The summed E-state index contributed by atoms with van der Waals surface area (Å²) in [7, 11) is 0. The van der Waals surface area contributed by atoms with Crippen LogP contribution in [0.1, 0.15) is 29.9 Å². The maximum atomic E-state index is 6.21. The minimum absolute atomic E-state index is 0.133. The van der Waals surface area contributed by atoms with Gasteiger partial charge >= 0.3 is 0 Å². The van der Waals surface area contributed by atoms with E-state index in [0.717, 1.165) is 17.9 Å². The van der Waals surface area contributed by atoms with Crippen molar-refractivity contribution in [3.05, 3.63) is 54.2 Å². The van der Waals surface area contributed by atoms with Crippen LogP contribution in [-0.2, 0) is 5.75 Å². The minimum Gasteiger partial charge on any atom is -0.468 e. The Labute approximate surface area is 112 Å². The highest BCUT2D eigenvalue weighted by molar-refractivity contribution is 7.98. The fourth-order valence-electron chi connectivity index (χ4n) is 1.79. The average molecular weight is 262 g/mol. The van der Waals surface area contributed by atoms with Crippen LogP contribution in [0.5, 0.6) is 0 Å². The molecule has 2 atom stereocenters.